The highest BCUT2D eigenvalue weighted by molar-refractivity contribution is 6.06. The molecule has 46 heavy (non-hydrogen) atoms. The Morgan fingerprint density at radius 1 is 0.478 bits per heavy atom. The Bertz CT molecular complexity index is 2450. The standard InChI is InChI=1S/C43H30N2O/c1-43(2)36-20-8-6-19-34(36)39-40(27-12-4-3-5-13-27)44-42(45-41(39)43)32-17-11-16-30(25-32)28-14-10-15-29(24-28)31-22-23-38-35(26-31)33-18-7-9-21-37(33)46-38/h3-26H,1-2H3. The zero-order valence-corrected chi connectivity index (χ0v) is 25.7. The fourth-order valence-electron chi connectivity index (χ4n) is 7.10. The summed E-state index contributed by atoms with van der Waals surface area (Å²) in [6, 6.07) is 51.2. The van der Waals surface area contributed by atoms with Crippen molar-refractivity contribution >= 4 is 21.9 Å². The van der Waals surface area contributed by atoms with Gasteiger partial charge in [0.2, 0.25) is 0 Å². The Morgan fingerprint density at radius 2 is 1.09 bits per heavy atom. The van der Waals surface area contributed by atoms with E-state index in [4.69, 9.17) is 14.4 Å². The van der Waals surface area contributed by atoms with Crippen LogP contribution in [0.3, 0.4) is 0 Å². The molecule has 0 atom stereocenters. The molecule has 2 aromatic heterocycles. The van der Waals surface area contributed by atoms with Gasteiger partial charge in [0.15, 0.2) is 5.82 Å². The van der Waals surface area contributed by atoms with Crippen LogP contribution in [0.5, 0.6) is 0 Å². The Hall–Kier alpha value is -5.80. The van der Waals surface area contributed by atoms with Crippen LogP contribution >= 0.6 is 0 Å². The van der Waals surface area contributed by atoms with Gasteiger partial charge in [0.05, 0.1) is 11.4 Å². The lowest BCUT2D eigenvalue weighted by Crippen LogP contribution is -2.17. The lowest BCUT2D eigenvalue weighted by atomic mass is 9.85. The van der Waals surface area contributed by atoms with Crippen molar-refractivity contribution in [3.63, 3.8) is 0 Å². The minimum atomic E-state index is -0.236. The monoisotopic (exact) mass is 590 g/mol. The molecule has 0 aliphatic heterocycles. The summed E-state index contributed by atoms with van der Waals surface area (Å²) in [5.74, 6) is 0.744. The summed E-state index contributed by atoms with van der Waals surface area (Å²) >= 11 is 0. The molecule has 6 aromatic carbocycles. The van der Waals surface area contributed by atoms with Crippen LogP contribution in [-0.2, 0) is 5.41 Å². The number of para-hydroxylation sites is 1. The molecule has 1 aliphatic carbocycles. The van der Waals surface area contributed by atoms with Crippen molar-refractivity contribution in [3.8, 4) is 56.0 Å². The Kier molecular flexibility index (Phi) is 5.85. The summed E-state index contributed by atoms with van der Waals surface area (Å²) in [5.41, 5.74) is 14.0. The zero-order chi connectivity index (χ0) is 30.8. The van der Waals surface area contributed by atoms with Crippen LogP contribution in [0.4, 0.5) is 0 Å². The Morgan fingerprint density at radius 3 is 1.89 bits per heavy atom. The van der Waals surface area contributed by atoms with Crippen molar-refractivity contribution in [1.82, 2.24) is 9.97 Å². The smallest absolute Gasteiger partial charge is 0.160 e. The summed E-state index contributed by atoms with van der Waals surface area (Å²) in [5, 5.41) is 2.27. The maximum absolute atomic E-state index is 6.08. The number of hydrogen-bond donors (Lipinski definition) is 0. The normalized spacial score (nSPS) is 13.2. The summed E-state index contributed by atoms with van der Waals surface area (Å²) in [7, 11) is 0. The van der Waals surface area contributed by atoms with Crippen LogP contribution in [0, 0.1) is 0 Å². The van der Waals surface area contributed by atoms with Gasteiger partial charge in [-0.15, -0.1) is 0 Å². The third-order valence-electron chi connectivity index (χ3n) is 9.44. The largest absolute Gasteiger partial charge is 0.456 e. The molecule has 0 saturated heterocycles. The van der Waals surface area contributed by atoms with Crippen molar-refractivity contribution < 1.29 is 4.42 Å². The molecule has 3 nitrogen and oxygen atoms in total. The highest BCUT2D eigenvalue weighted by atomic mass is 16.3. The molecule has 0 amide bonds. The first-order valence-electron chi connectivity index (χ1n) is 15.7. The van der Waals surface area contributed by atoms with E-state index in [1.807, 2.05) is 12.1 Å². The Balaban J connectivity index is 1.16. The molecule has 0 bridgehead atoms. The summed E-state index contributed by atoms with van der Waals surface area (Å²) < 4.78 is 6.08. The quantitative estimate of drug-likeness (QED) is 0.205. The second kappa shape index (κ2) is 10.1. The summed E-state index contributed by atoms with van der Waals surface area (Å²) in [4.78, 5) is 10.6. The second-order valence-electron chi connectivity index (χ2n) is 12.6. The minimum Gasteiger partial charge on any atom is -0.456 e. The van der Waals surface area contributed by atoms with Crippen molar-refractivity contribution in [2.75, 3.05) is 0 Å². The fraction of sp³-hybridized carbons (Fsp3) is 0.0698. The second-order valence-corrected chi connectivity index (χ2v) is 12.6. The first kappa shape index (κ1) is 26.6. The van der Waals surface area contributed by atoms with Gasteiger partial charge in [-0.3, -0.25) is 0 Å². The van der Waals surface area contributed by atoms with Crippen molar-refractivity contribution in [2.45, 2.75) is 19.3 Å². The van der Waals surface area contributed by atoms with E-state index >= 15 is 0 Å². The zero-order valence-electron chi connectivity index (χ0n) is 25.7. The SMILES string of the molecule is CC1(C)c2ccccc2-c2c(-c3ccccc3)nc(-c3cccc(-c4cccc(-c5ccc6oc7ccccc7c6c5)c4)c3)nc21. The molecule has 0 saturated carbocycles. The molecule has 218 valence electrons. The van der Waals surface area contributed by atoms with Gasteiger partial charge >= 0.3 is 0 Å². The van der Waals surface area contributed by atoms with Crippen LogP contribution in [-0.4, -0.2) is 9.97 Å². The van der Waals surface area contributed by atoms with Crippen LogP contribution < -0.4 is 0 Å². The predicted molar refractivity (Wildman–Crippen MR) is 189 cm³/mol. The maximum Gasteiger partial charge on any atom is 0.160 e. The van der Waals surface area contributed by atoms with E-state index in [1.54, 1.807) is 0 Å². The molecular formula is C43H30N2O. The molecule has 0 fully saturated rings. The van der Waals surface area contributed by atoms with E-state index in [0.29, 0.717) is 0 Å². The molecule has 9 rings (SSSR count). The number of rotatable bonds is 4. The van der Waals surface area contributed by atoms with Gasteiger partial charge in [-0.05, 0) is 63.7 Å². The van der Waals surface area contributed by atoms with E-state index in [-0.39, 0.29) is 5.41 Å². The van der Waals surface area contributed by atoms with Crippen molar-refractivity contribution in [2.24, 2.45) is 0 Å². The number of fused-ring (bicyclic) bond motifs is 6. The van der Waals surface area contributed by atoms with E-state index in [2.05, 4.69) is 147 Å². The van der Waals surface area contributed by atoms with Crippen LogP contribution in [0.2, 0.25) is 0 Å². The maximum atomic E-state index is 6.08. The molecule has 0 radical (unpaired) electrons. The average Bonchev–Trinajstić information content (AvgIpc) is 3.60. The third kappa shape index (κ3) is 4.13. The first-order valence-corrected chi connectivity index (χ1v) is 15.7. The topological polar surface area (TPSA) is 38.9 Å². The molecular weight excluding hydrogens is 560 g/mol. The van der Waals surface area contributed by atoms with Crippen molar-refractivity contribution in [1.29, 1.82) is 0 Å². The van der Waals surface area contributed by atoms with Gasteiger partial charge in [-0.1, -0.05) is 129 Å². The van der Waals surface area contributed by atoms with Crippen LogP contribution in [0.1, 0.15) is 25.1 Å². The lowest BCUT2D eigenvalue weighted by Gasteiger charge is -2.21. The highest BCUT2D eigenvalue weighted by Crippen LogP contribution is 2.51. The summed E-state index contributed by atoms with van der Waals surface area (Å²) in [6.45, 7) is 4.55. The van der Waals surface area contributed by atoms with Crippen LogP contribution in [0.15, 0.2) is 150 Å². The molecule has 1 aliphatic rings. The highest BCUT2D eigenvalue weighted by Gasteiger charge is 2.39. The molecule has 0 N–H and O–H groups in total. The predicted octanol–water partition coefficient (Wildman–Crippen LogP) is 11.4. The number of furan rings is 1. The third-order valence-corrected chi connectivity index (χ3v) is 9.44. The van der Waals surface area contributed by atoms with E-state index < -0.39 is 0 Å². The molecule has 0 unspecified atom stereocenters. The number of hydrogen-bond acceptors (Lipinski definition) is 3. The van der Waals surface area contributed by atoms with Gasteiger partial charge < -0.3 is 4.42 Å². The molecule has 0 spiro atoms. The number of nitrogens with zero attached hydrogens (tertiary/aromatic N) is 2. The van der Waals surface area contributed by atoms with Gasteiger partial charge in [-0.2, -0.15) is 0 Å². The van der Waals surface area contributed by atoms with Gasteiger partial charge in [0, 0.05) is 32.9 Å². The summed E-state index contributed by atoms with van der Waals surface area (Å²) in [6.07, 6.45) is 0. The average molecular weight is 591 g/mol. The molecule has 2 heterocycles. The van der Waals surface area contributed by atoms with Gasteiger partial charge in [-0.25, -0.2) is 9.97 Å². The van der Waals surface area contributed by atoms with Crippen molar-refractivity contribution in [3.05, 3.63) is 157 Å². The van der Waals surface area contributed by atoms with Gasteiger partial charge in [0.25, 0.3) is 0 Å². The number of benzene rings is 6. The van der Waals surface area contributed by atoms with E-state index in [0.717, 1.165) is 78.1 Å². The van der Waals surface area contributed by atoms with Gasteiger partial charge in [0.1, 0.15) is 11.2 Å². The van der Waals surface area contributed by atoms with Crippen LogP contribution in [0.25, 0.3) is 78.0 Å². The van der Waals surface area contributed by atoms with E-state index in [1.165, 1.54) is 11.1 Å². The Labute approximate surface area is 267 Å². The first-order chi connectivity index (χ1) is 22.5. The molecule has 3 heteroatoms. The van der Waals surface area contributed by atoms with E-state index in [9.17, 15) is 0 Å². The lowest BCUT2D eigenvalue weighted by molar-refractivity contribution is 0.636. The molecule has 8 aromatic rings. The fourth-order valence-corrected chi connectivity index (χ4v) is 7.10. The number of aromatic nitrogens is 2. The minimum absolute atomic E-state index is 0.236.